The number of allylic oxidation sites excluding steroid dienone is 1. The van der Waals surface area contributed by atoms with Crippen molar-refractivity contribution >= 4 is 34.4 Å². The van der Waals surface area contributed by atoms with E-state index >= 15 is 4.39 Å². The van der Waals surface area contributed by atoms with Gasteiger partial charge >= 0.3 is 0 Å². The van der Waals surface area contributed by atoms with Gasteiger partial charge in [-0.3, -0.25) is 9.59 Å². The van der Waals surface area contributed by atoms with Gasteiger partial charge in [-0.2, -0.15) is 0 Å². The normalized spacial score (nSPS) is 18.7. The Morgan fingerprint density at radius 1 is 1.14 bits per heavy atom. The van der Waals surface area contributed by atoms with Crippen molar-refractivity contribution in [1.29, 1.82) is 0 Å². The summed E-state index contributed by atoms with van der Waals surface area (Å²) in [7, 11) is 0. The Balaban J connectivity index is 1.63. The van der Waals surface area contributed by atoms with Crippen LogP contribution in [0.4, 0.5) is 20.2 Å². The molecular weight excluding hydrogens is 480 g/mol. The molecule has 1 aliphatic heterocycles. The molecule has 0 spiro atoms. The van der Waals surface area contributed by atoms with E-state index < -0.39 is 17.7 Å². The van der Waals surface area contributed by atoms with E-state index in [0.29, 0.717) is 36.3 Å². The molecule has 2 N–H and O–H groups in total. The number of nitrogens with one attached hydrogen (secondary N) is 2. The zero-order valence-corrected chi connectivity index (χ0v) is 20.9. The van der Waals surface area contributed by atoms with Crippen LogP contribution >= 0.6 is 11.3 Å². The molecule has 2 aliphatic rings. The lowest BCUT2D eigenvalue weighted by atomic mass is 9.73. The number of fused-ring (bicyclic) bond motifs is 1. The van der Waals surface area contributed by atoms with E-state index in [0.717, 1.165) is 16.6 Å². The maximum absolute atomic E-state index is 15.3. The quantitative estimate of drug-likeness (QED) is 0.448. The second kappa shape index (κ2) is 9.50. The van der Waals surface area contributed by atoms with Crippen molar-refractivity contribution in [2.24, 2.45) is 5.41 Å². The molecule has 2 aromatic carbocycles. The number of benzene rings is 2. The molecule has 0 saturated carbocycles. The SMILES string of the molecule is CC1(C)CC(=O)C2=C(C1)Nc1ccccc1N(CC(=O)NCc1cccs1)C2c1ccc(F)cc1F. The van der Waals surface area contributed by atoms with Crippen LogP contribution < -0.4 is 15.5 Å². The van der Waals surface area contributed by atoms with Gasteiger partial charge in [-0.15, -0.1) is 11.3 Å². The molecule has 1 aliphatic carbocycles. The lowest BCUT2D eigenvalue weighted by Crippen LogP contribution is -2.42. The molecule has 8 heteroatoms. The predicted octanol–water partition coefficient (Wildman–Crippen LogP) is 5.96. The highest BCUT2D eigenvalue weighted by atomic mass is 32.1. The second-order valence-electron chi connectivity index (χ2n) is 10.0. The van der Waals surface area contributed by atoms with Gasteiger partial charge in [-0.1, -0.05) is 38.1 Å². The van der Waals surface area contributed by atoms with E-state index in [1.54, 1.807) is 16.2 Å². The smallest absolute Gasteiger partial charge is 0.239 e. The van der Waals surface area contributed by atoms with Crippen LogP contribution in [-0.2, 0) is 16.1 Å². The van der Waals surface area contributed by atoms with Crippen LogP contribution in [0.5, 0.6) is 0 Å². The van der Waals surface area contributed by atoms with Crippen molar-refractivity contribution in [3.8, 4) is 0 Å². The standard InChI is InChI=1S/C28H27F2N3O2S/c1-28(2)13-22-26(24(34)14-28)27(19-10-9-17(29)12-20(19)30)33(23-8-4-3-7-21(23)32-22)16-25(35)31-15-18-6-5-11-36-18/h3-12,27,32H,13-16H2,1-2H3,(H,31,35). The van der Waals surface area contributed by atoms with Crippen molar-refractivity contribution in [2.45, 2.75) is 39.3 Å². The van der Waals surface area contributed by atoms with Crippen LogP contribution in [0.3, 0.4) is 0 Å². The summed E-state index contributed by atoms with van der Waals surface area (Å²) in [4.78, 5) is 29.5. The van der Waals surface area contributed by atoms with E-state index in [-0.39, 0.29) is 29.2 Å². The third kappa shape index (κ3) is 4.78. The first kappa shape index (κ1) is 24.2. The molecule has 3 aromatic rings. The molecule has 0 saturated heterocycles. The van der Waals surface area contributed by atoms with Crippen molar-refractivity contribution in [3.63, 3.8) is 0 Å². The Morgan fingerprint density at radius 3 is 2.69 bits per heavy atom. The second-order valence-corrected chi connectivity index (χ2v) is 11.1. The first-order chi connectivity index (χ1) is 17.2. The fourth-order valence-electron chi connectivity index (χ4n) is 5.08. The summed E-state index contributed by atoms with van der Waals surface area (Å²) in [6.45, 7) is 4.31. The number of ketones is 1. The van der Waals surface area contributed by atoms with E-state index in [4.69, 9.17) is 0 Å². The number of Topliss-reactive ketones (excluding diaryl/α,β-unsaturated/α-hetero) is 1. The summed E-state index contributed by atoms with van der Waals surface area (Å²) in [5.41, 5.74) is 2.39. The average molecular weight is 508 g/mol. The summed E-state index contributed by atoms with van der Waals surface area (Å²) in [6, 6.07) is 13.8. The number of hydrogen-bond donors (Lipinski definition) is 2. The highest BCUT2D eigenvalue weighted by molar-refractivity contribution is 7.09. The zero-order chi connectivity index (χ0) is 25.4. The first-order valence-electron chi connectivity index (χ1n) is 11.8. The fourth-order valence-corrected chi connectivity index (χ4v) is 5.73. The van der Waals surface area contributed by atoms with Crippen LogP contribution in [0.2, 0.25) is 0 Å². The third-order valence-electron chi connectivity index (χ3n) is 6.62. The Labute approximate surface area is 212 Å². The molecule has 2 heterocycles. The minimum absolute atomic E-state index is 0.112. The topological polar surface area (TPSA) is 61.4 Å². The maximum Gasteiger partial charge on any atom is 0.239 e. The molecule has 1 unspecified atom stereocenters. The summed E-state index contributed by atoms with van der Waals surface area (Å²) < 4.78 is 29.2. The number of rotatable bonds is 5. The van der Waals surface area contributed by atoms with Crippen LogP contribution in [0.15, 0.2) is 71.2 Å². The number of halogens is 2. The third-order valence-corrected chi connectivity index (χ3v) is 7.49. The number of nitrogens with zero attached hydrogens (tertiary/aromatic N) is 1. The van der Waals surface area contributed by atoms with Gasteiger partial charge in [0, 0.05) is 34.2 Å². The minimum Gasteiger partial charge on any atom is -0.357 e. The monoisotopic (exact) mass is 507 g/mol. The van der Waals surface area contributed by atoms with Gasteiger partial charge in [0.05, 0.1) is 30.5 Å². The highest BCUT2D eigenvalue weighted by Crippen LogP contribution is 2.48. The Hall–Kier alpha value is -3.52. The van der Waals surface area contributed by atoms with Gasteiger partial charge in [0.1, 0.15) is 11.6 Å². The number of para-hydroxylation sites is 2. The van der Waals surface area contributed by atoms with Crippen LogP contribution in [0, 0.1) is 17.0 Å². The van der Waals surface area contributed by atoms with Gasteiger partial charge < -0.3 is 15.5 Å². The van der Waals surface area contributed by atoms with E-state index in [1.165, 1.54) is 12.1 Å². The predicted molar refractivity (Wildman–Crippen MR) is 138 cm³/mol. The summed E-state index contributed by atoms with van der Waals surface area (Å²) in [6.07, 6.45) is 0.877. The Bertz CT molecular complexity index is 1350. The van der Waals surface area contributed by atoms with E-state index in [1.807, 2.05) is 55.6 Å². The maximum atomic E-state index is 15.3. The van der Waals surface area contributed by atoms with Crippen LogP contribution in [0.25, 0.3) is 0 Å². The lowest BCUT2D eigenvalue weighted by Gasteiger charge is -2.38. The zero-order valence-electron chi connectivity index (χ0n) is 20.1. The van der Waals surface area contributed by atoms with Gasteiger partial charge in [-0.05, 0) is 41.5 Å². The van der Waals surface area contributed by atoms with Gasteiger partial charge in [0.25, 0.3) is 0 Å². The van der Waals surface area contributed by atoms with Crippen molar-refractivity contribution in [1.82, 2.24) is 5.32 Å². The molecule has 0 bridgehead atoms. The molecule has 5 rings (SSSR count). The van der Waals surface area contributed by atoms with Gasteiger partial charge in [-0.25, -0.2) is 8.78 Å². The number of carbonyl (C=O) groups is 2. The lowest BCUT2D eigenvalue weighted by molar-refractivity contribution is -0.120. The molecular formula is C28H27F2N3O2S. The largest absolute Gasteiger partial charge is 0.357 e. The molecule has 0 radical (unpaired) electrons. The minimum atomic E-state index is -0.896. The molecule has 36 heavy (non-hydrogen) atoms. The van der Waals surface area contributed by atoms with Gasteiger partial charge in [0.2, 0.25) is 5.91 Å². The van der Waals surface area contributed by atoms with Crippen molar-refractivity contribution < 1.29 is 18.4 Å². The summed E-state index contributed by atoms with van der Waals surface area (Å²) in [5.74, 6) is -1.83. The number of carbonyl (C=O) groups excluding carboxylic acids is 2. The molecule has 1 amide bonds. The molecule has 0 fully saturated rings. The number of thiophene rings is 1. The summed E-state index contributed by atoms with van der Waals surface area (Å²) in [5, 5.41) is 8.30. The average Bonchev–Trinajstić information content (AvgIpc) is 3.29. The Morgan fingerprint density at radius 2 is 1.94 bits per heavy atom. The molecule has 1 atom stereocenters. The Kier molecular flexibility index (Phi) is 6.38. The number of hydrogen-bond acceptors (Lipinski definition) is 5. The van der Waals surface area contributed by atoms with Crippen LogP contribution in [0.1, 0.15) is 43.2 Å². The van der Waals surface area contributed by atoms with Crippen LogP contribution in [-0.4, -0.2) is 18.2 Å². The molecule has 186 valence electrons. The number of anilines is 2. The summed E-state index contributed by atoms with van der Waals surface area (Å²) >= 11 is 1.54. The van der Waals surface area contributed by atoms with E-state index in [9.17, 15) is 14.0 Å². The van der Waals surface area contributed by atoms with E-state index in [2.05, 4.69) is 10.6 Å². The first-order valence-corrected chi connectivity index (χ1v) is 12.7. The van der Waals surface area contributed by atoms with Crippen molar-refractivity contribution in [3.05, 3.63) is 93.3 Å². The fraction of sp³-hybridized carbons (Fsp3) is 0.286. The molecule has 1 aromatic heterocycles. The molecule has 5 nitrogen and oxygen atoms in total. The van der Waals surface area contributed by atoms with Crippen molar-refractivity contribution in [2.75, 3.05) is 16.8 Å². The van der Waals surface area contributed by atoms with Gasteiger partial charge in [0.15, 0.2) is 5.78 Å². The highest BCUT2D eigenvalue weighted by Gasteiger charge is 2.42. The number of amides is 1.